The molecule has 2 rings (SSSR count). The van der Waals surface area contributed by atoms with Gasteiger partial charge in [0.2, 0.25) is 0 Å². The van der Waals surface area contributed by atoms with Crippen molar-refractivity contribution in [3.63, 3.8) is 0 Å². The van der Waals surface area contributed by atoms with E-state index in [1.165, 1.54) is 11.1 Å². The van der Waals surface area contributed by atoms with E-state index in [1.807, 2.05) is 0 Å². The van der Waals surface area contributed by atoms with Crippen molar-refractivity contribution in [2.24, 2.45) is 5.73 Å². The Morgan fingerprint density at radius 1 is 1.25 bits per heavy atom. The number of hydrogen-bond donors (Lipinski definition) is 1. The van der Waals surface area contributed by atoms with Gasteiger partial charge in [-0.1, -0.05) is 38.1 Å². The standard InChI is InChI=1S/C14H21NO/c1-13(2,14(15)8-9-14)12-6-4-11(5-7-12)10-16-3/h4-7H,8-10,15H2,1-3H3. The van der Waals surface area contributed by atoms with Crippen LogP contribution >= 0.6 is 0 Å². The number of methoxy groups -OCH3 is 1. The summed E-state index contributed by atoms with van der Waals surface area (Å²) in [6, 6.07) is 8.63. The molecule has 1 aliphatic carbocycles. The van der Waals surface area contributed by atoms with E-state index < -0.39 is 0 Å². The van der Waals surface area contributed by atoms with E-state index in [1.54, 1.807) is 7.11 Å². The topological polar surface area (TPSA) is 35.2 Å². The van der Waals surface area contributed by atoms with Crippen LogP contribution in [0.2, 0.25) is 0 Å². The number of benzene rings is 1. The van der Waals surface area contributed by atoms with Crippen LogP contribution in [0.15, 0.2) is 24.3 Å². The summed E-state index contributed by atoms with van der Waals surface area (Å²) in [7, 11) is 1.72. The Bertz CT molecular complexity index is 363. The van der Waals surface area contributed by atoms with E-state index in [4.69, 9.17) is 10.5 Å². The second-order valence-corrected chi connectivity index (χ2v) is 5.41. The van der Waals surface area contributed by atoms with Crippen LogP contribution in [0.1, 0.15) is 37.8 Å². The van der Waals surface area contributed by atoms with E-state index in [9.17, 15) is 0 Å². The maximum Gasteiger partial charge on any atom is 0.0713 e. The van der Waals surface area contributed by atoms with Gasteiger partial charge in [-0.3, -0.25) is 0 Å². The van der Waals surface area contributed by atoms with Crippen molar-refractivity contribution in [2.75, 3.05) is 7.11 Å². The van der Waals surface area contributed by atoms with Crippen molar-refractivity contribution in [3.8, 4) is 0 Å². The molecular formula is C14H21NO. The van der Waals surface area contributed by atoms with Crippen molar-refractivity contribution in [2.45, 2.75) is 44.2 Å². The second-order valence-electron chi connectivity index (χ2n) is 5.41. The molecule has 0 bridgehead atoms. The van der Waals surface area contributed by atoms with Gasteiger partial charge in [-0.15, -0.1) is 0 Å². The Hall–Kier alpha value is -0.860. The lowest BCUT2D eigenvalue weighted by atomic mass is 9.76. The predicted molar refractivity (Wildman–Crippen MR) is 66.3 cm³/mol. The first-order chi connectivity index (χ1) is 7.49. The molecule has 16 heavy (non-hydrogen) atoms. The van der Waals surface area contributed by atoms with Crippen molar-refractivity contribution in [1.29, 1.82) is 0 Å². The predicted octanol–water partition coefficient (Wildman–Crippen LogP) is 2.60. The number of ether oxygens (including phenoxy) is 1. The van der Waals surface area contributed by atoms with Gasteiger partial charge in [-0.2, -0.15) is 0 Å². The summed E-state index contributed by atoms with van der Waals surface area (Å²) < 4.78 is 5.11. The smallest absolute Gasteiger partial charge is 0.0713 e. The van der Waals surface area contributed by atoms with Crippen LogP contribution in [-0.4, -0.2) is 12.6 Å². The first-order valence-corrected chi connectivity index (χ1v) is 5.87. The highest BCUT2D eigenvalue weighted by Crippen LogP contribution is 2.48. The lowest BCUT2D eigenvalue weighted by Crippen LogP contribution is -2.43. The summed E-state index contributed by atoms with van der Waals surface area (Å²) >= 11 is 0. The lowest BCUT2D eigenvalue weighted by molar-refractivity contribution is 0.185. The molecule has 0 atom stereocenters. The summed E-state index contributed by atoms with van der Waals surface area (Å²) in [5.41, 5.74) is 8.94. The van der Waals surface area contributed by atoms with Gasteiger partial charge < -0.3 is 10.5 Å². The van der Waals surface area contributed by atoms with Crippen LogP contribution in [0.4, 0.5) is 0 Å². The van der Waals surface area contributed by atoms with Gasteiger partial charge in [0.05, 0.1) is 6.61 Å². The van der Waals surface area contributed by atoms with E-state index in [0.717, 1.165) is 12.8 Å². The third kappa shape index (κ3) is 1.87. The molecule has 0 heterocycles. The molecule has 2 nitrogen and oxygen atoms in total. The summed E-state index contributed by atoms with van der Waals surface area (Å²) in [6.45, 7) is 5.16. The zero-order valence-corrected chi connectivity index (χ0v) is 10.4. The van der Waals surface area contributed by atoms with E-state index in [-0.39, 0.29) is 11.0 Å². The molecule has 0 aromatic heterocycles. The Morgan fingerprint density at radius 3 is 2.25 bits per heavy atom. The first-order valence-electron chi connectivity index (χ1n) is 5.87. The number of nitrogens with two attached hydrogens (primary N) is 1. The molecule has 0 amide bonds. The largest absolute Gasteiger partial charge is 0.380 e. The minimum absolute atomic E-state index is 0.00970. The average molecular weight is 219 g/mol. The molecule has 1 aliphatic rings. The average Bonchev–Trinajstić information content (AvgIpc) is 3.00. The summed E-state index contributed by atoms with van der Waals surface area (Å²) in [5, 5.41) is 0. The van der Waals surface area contributed by atoms with Gasteiger partial charge in [-0.05, 0) is 24.0 Å². The van der Waals surface area contributed by atoms with Crippen molar-refractivity contribution < 1.29 is 4.74 Å². The molecule has 2 heteroatoms. The third-order valence-corrected chi connectivity index (χ3v) is 4.02. The van der Waals surface area contributed by atoms with Crippen LogP contribution in [0.3, 0.4) is 0 Å². The molecule has 0 spiro atoms. The van der Waals surface area contributed by atoms with E-state index >= 15 is 0 Å². The van der Waals surface area contributed by atoms with Crippen molar-refractivity contribution >= 4 is 0 Å². The number of hydrogen-bond acceptors (Lipinski definition) is 2. The van der Waals surface area contributed by atoms with Gasteiger partial charge in [0.15, 0.2) is 0 Å². The molecular weight excluding hydrogens is 198 g/mol. The lowest BCUT2D eigenvalue weighted by Gasteiger charge is -2.32. The highest BCUT2D eigenvalue weighted by Gasteiger charge is 2.51. The Kier molecular flexibility index (Phi) is 2.81. The van der Waals surface area contributed by atoms with E-state index in [2.05, 4.69) is 38.1 Å². The van der Waals surface area contributed by atoms with Gasteiger partial charge in [0.25, 0.3) is 0 Å². The van der Waals surface area contributed by atoms with Crippen LogP contribution in [0.25, 0.3) is 0 Å². The fourth-order valence-electron chi connectivity index (χ4n) is 2.23. The molecule has 1 aromatic carbocycles. The van der Waals surface area contributed by atoms with E-state index in [0.29, 0.717) is 6.61 Å². The molecule has 0 radical (unpaired) electrons. The van der Waals surface area contributed by atoms with Crippen molar-refractivity contribution in [3.05, 3.63) is 35.4 Å². The Morgan fingerprint density at radius 2 is 1.81 bits per heavy atom. The molecule has 2 N–H and O–H groups in total. The zero-order chi connectivity index (χ0) is 11.8. The minimum atomic E-state index is 0.00970. The van der Waals surface area contributed by atoms with Crippen LogP contribution in [0, 0.1) is 0 Å². The fraction of sp³-hybridized carbons (Fsp3) is 0.571. The highest BCUT2D eigenvalue weighted by molar-refractivity contribution is 5.34. The third-order valence-electron chi connectivity index (χ3n) is 4.02. The normalized spacial score (nSPS) is 18.5. The minimum Gasteiger partial charge on any atom is -0.380 e. The molecule has 0 aliphatic heterocycles. The van der Waals surface area contributed by atoms with Gasteiger partial charge in [-0.25, -0.2) is 0 Å². The molecule has 1 fully saturated rings. The maximum absolute atomic E-state index is 6.33. The molecule has 88 valence electrons. The fourth-order valence-corrected chi connectivity index (χ4v) is 2.23. The molecule has 0 unspecified atom stereocenters. The number of rotatable bonds is 4. The van der Waals surface area contributed by atoms with Crippen molar-refractivity contribution in [1.82, 2.24) is 0 Å². The maximum atomic E-state index is 6.33. The SMILES string of the molecule is COCc1ccc(C(C)(C)C2(N)CC2)cc1. The quantitative estimate of drug-likeness (QED) is 0.844. The second kappa shape index (κ2) is 3.86. The van der Waals surface area contributed by atoms with Crippen LogP contribution in [0.5, 0.6) is 0 Å². The van der Waals surface area contributed by atoms with Gasteiger partial charge in [0.1, 0.15) is 0 Å². The Balaban J connectivity index is 2.21. The molecule has 0 saturated heterocycles. The van der Waals surface area contributed by atoms with Gasteiger partial charge in [0, 0.05) is 18.1 Å². The first kappa shape index (κ1) is 11.6. The zero-order valence-electron chi connectivity index (χ0n) is 10.4. The summed E-state index contributed by atoms with van der Waals surface area (Å²) in [6.07, 6.45) is 2.28. The monoisotopic (exact) mass is 219 g/mol. The highest BCUT2D eigenvalue weighted by atomic mass is 16.5. The summed E-state index contributed by atoms with van der Waals surface area (Å²) in [5.74, 6) is 0. The molecule has 1 aromatic rings. The van der Waals surface area contributed by atoms with Crippen LogP contribution < -0.4 is 5.73 Å². The van der Waals surface area contributed by atoms with Gasteiger partial charge >= 0.3 is 0 Å². The summed E-state index contributed by atoms with van der Waals surface area (Å²) in [4.78, 5) is 0. The molecule has 1 saturated carbocycles. The van der Waals surface area contributed by atoms with Crippen LogP contribution in [-0.2, 0) is 16.8 Å². The Labute approximate surface area is 97.8 Å².